The Kier molecular flexibility index (Phi) is 8.68. The minimum atomic E-state index is -1.07. The molecule has 228 valence electrons. The van der Waals surface area contributed by atoms with E-state index in [0.717, 1.165) is 23.3 Å². The predicted octanol–water partition coefficient (Wildman–Crippen LogP) is 6.11. The van der Waals surface area contributed by atoms with E-state index in [1.54, 1.807) is 38.1 Å². The molecule has 1 aliphatic heterocycles. The number of Topliss-reactive ketones (excluding diaryl/α,β-unsaturated/α-hetero) is 1. The third kappa shape index (κ3) is 5.62. The molecule has 44 heavy (non-hydrogen) atoms. The molecule has 3 aromatic heterocycles. The van der Waals surface area contributed by atoms with Gasteiger partial charge in [-0.25, -0.2) is 14.8 Å². The van der Waals surface area contributed by atoms with E-state index in [4.69, 9.17) is 9.47 Å². The highest BCUT2D eigenvalue weighted by atomic mass is 32.1. The number of pyridine rings is 1. The van der Waals surface area contributed by atoms with Crippen LogP contribution in [0.25, 0.3) is 11.4 Å². The van der Waals surface area contributed by atoms with Crippen LogP contribution in [-0.4, -0.2) is 50.3 Å². The van der Waals surface area contributed by atoms with Crippen molar-refractivity contribution in [1.82, 2.24) is 14.4 Å². The number of ketones is 1. The molecule has 1 N–H and O–H groups in total. The molecular weight excluding hydrogens is 580 g/mol. The SMILES string of the molecule is C=CCOC(=O)c1sc(N2C(=O)C(=O)/C(=C(/O)c3nc4c(C)cccn4c3C)C2c2cccc(OCCC(C)C)c2)nc1C. The Morgan fingerprint density at radius 2 is 1.93 bits per heavy atom. The maximum Gasteiger partial charge on any atom is 0.350 e. The summed E-state index contributed by atoms with van der Waals surface area (Å²) in [7, 11) is 0. The van der Waals surface area contributed by atoms with Crippen LogP contribution in [-0.2, 0) is 14.3 Å². The van der Waals surface area contributed by atoms with Crippen LogP contribution in [0, 0.1) is 26.7 Å². The maximum absolute atomic E-state index is 13.8. The molecule has 1 fully saturated rings. The van der Waals surface area contributed by atoms with Crippen molar-refractivity contribution < 1.29 is 29.0 Å². The number of thiazole rings is 1. The van der Waals surface area contributed by atoms with Crippen molar-refractivity contribution in [1.29, 1.82) is 0 Å². The van der Waals surface area contributed by atoms with Gasteiger partial charge in [-0.3, -0.25) is 14.5 Å². The number of aryl methyl sites for hydroxylation is 3. The number of carbonyl (C=O) groups is 3. The monoisotopic (exact) mass is 614 g/mol. The number of fused-ring (bicyclic) bond motifs is 1. The van der Waals surface area contributed by atoms with Gasteiger partial charge in [0.05, 0.1) is 29.6 Å². The van der Waals surface area contributed by atoms with Crippen molar-refractivity contribution in [3.63, 3.8) is 0 Å². The zero-order chi connectivity index (χ0) is 31.7. The van der Waals surface area contributed by atoms with Gasteiger partial charge in [0, 0.05) is 6.20 Å². The van der Waals surface area contributed by atoms with Crippen LogP contribution in [0.1, 0.15) is 64.2 Å². The molecular formula is C33H34N4O6S. The van der Waals surface area contributed by atoms with Gasteiger partial charge in [0.2, 0.25) is 0 Å². The first kappa shape index (κ1) is 30.7. The lowest BCUT2D eigenvalue weighted by molar-refractivity contribution is -0.132. The Labute approximate surface area is 259 Å². The van der Waals surface area contributed by atoms with Crippen LogP contribution >= 0.6 is 11.3 Å². The molecule has 5 rings (SSSR count). The van der Waals surface area contributed by atoms with Gasteiger partial charge in [-0.05, 0) is 62.4 Å². The van der Waals surface area contributed by atoms with E-state index in [1.165, 1.54) is 11.0 Å². The van der Waals surface area contributed by atoms with E-state index in [2.05, 4.69) is 30.4 Å². The standard InChI is InChI=1S/C33H34N4O6S/c1-7-15-43-32(41)29-20(5)34-33(44-29)37-26(22-11-8-12-23(17-22)42-16-13-18(2)3)24(28(39)31(37)40)27(38)25-21(6)36-14-9-10-19(4)30(36)35-25/h7-12,14,17-18,26,38H,1,13,15-16H2,2-6H3/b27-24+. The number of hydrogen-bond acceptors (Lipinski definition) is 9. The van der Waals surface area contributed by atoms with E-state index in [-0.39, 0.29) is 27.9 Å². The molecule has 4 aromatic rings. The molecule has 11 heteroatoms. The van der Waals surface area contributed by atoms with Crippen molar-refractivity contribution in [2.75, 3.05) is 18.1 Å². The highest BCUT2D eigenvalue weighted by Crippen LogP contribution is 2.44. The predicted molar refractivity (Wildman–Crippen MR) is 168 cm³/mol. The number of benzene rings is 1. The van der Waals surface area contributed by atoms with E-state index < -0.39 is 29.5 Å². The number of amides is 1. The van der Waals surface area contributed by atoms with Crippen molar-refractivity contribution >= 4 is 45.5 Å². The smallest absolute Gasteiger partial charge is 0.350 e. The first-order chi connectivity index (χ1) is 21.0. The Hall–Kier alpha value is -4.77. The number of anilines is 1. The van der Waals surface area contributed by atoms with Gasteiger partial charge >= 0.3 is 11.9 Å². The third-order valence-electron chi connectivity index (χ3n) is 7.40. The number of esters is 1. The fourth-order valence-corrected chi connectivity index (χ4v) is 6.07. The first-order valence-corrected chi connectivity index (χ1v) is 15.1. The number of aliphatic hydroxyl groups excluding tert-OH is 1. The van der Waals surface area contributed by atoms with Crippen molar-refractivity contribution in [3.05, 3.63) is 93.9 Å². The van der Waals surface area contributed by atoms with Gasteiger partial charge in [-0.1, -0.05) is 56.0 Å². The fraction of sp³-hybridized carbons (Fsp3) is 0.303. The van der Waals surface area contributed by atoms with Gasteiger partial charge < -0.3 is 19.0 Å². The van der Waals surface area contributed by atoms with Crippen molar-refractivity contribution in [3.8, 4) is 5.75 Å². The molecule has 1 aliphatic rings. The number of carbonyl (C=O) groups excluding carboxylic acids is 3. The lowest BCUT2D eigenvalue weighted by Crippen LogP contribution is -2.29. The Morgan fingerprint density at radius 3 is 2.64 bits per heavy atom. The summed E-state index contributed by atoms with van der Waals surface area (Å²) in [6.45, 7) is 13.6. The van der Waals surface area contributed by atoms with Gasteiger partial charge in [0.25, 0.3) is 5.78 Å². The average Bonchev–Trinajstić information content (AvgIpc) is 3.63. The fourth-order valence-electron chi connectivity index (χ4n) is 5.08. The number of imidazole rings is 1. The Balaban J connectivity index is 1.68. The number of rotatable bonds is 10. The topological polar surface area (TPSA) is 123 Å². The summed E-state index contributed by atoms with van der Waals surface area (Å²) in [4.78, 5) is 50.8. The van der Waals surface area contributed by atoms with E-state index in [0.29, 0.717) is 40.9 Å². The molecule has 0 saturated carbocycles. The van der Waals surface area contributed by atoms with E-state index >= 15 is 0 Å². The van der Waals surface area contributed by atoms with E-state index in [1.807, 2.05) is 29.7 Å². The maximum atomic E-state index is 13.8. The molecule has 0 spiro atoms. The number of aromatic nitrogens is 3. The summed E-state index contributed by atoms with van der Waals surface area (Å²) in [5.41, 5.74) is 3.03. The molecule has 1 unspecified atom stereocenters. The Bertz CT molecular complexity index is 1820. The van der Waals surface area contributed by atoms with Crippen LogP contribution in [0.15, 0.2) is 60.8 Å². The lowest BCUT2D eigenvalue weighted by atomic mass is 9.96. The van der Waals surface area contributed by atoms with Crippen molar-refractivity contribution in [2.24, 2.45) is 5.92 Å². The Morgan fingerprint density at radius 1 is 1.16 bits per heavy atom. The zero-order valence-electron chi connectivity index (χ0n) is 25.3. The summed E-state index contributed by atoms with van der Waals surface area (Å²) in [5, 5.41) is 11.9. The molecule has 1 amide bonds. The second kappa shape index (κ2) is 12.5. The number of aliphatic hydroxyl groups is 1. The van der Waals surface area contributed by atoms with Crippen LogP contribution in [0.4, 0.5) is 5.13 Å². The molecule has 1 saturated heterocycles. The average molecular weight is 615 g/mol. The first-order valence-electron chi connectivity index (χ1n) is 14.3. The van der Waals surface area contributed by atoms with Gasteiger partial charge in [-0.2, -0.15) is 0 Å². The normalized spacial score (nSPS) is 16.2. The van der Waals surface area contributed by atoms with Crippen molar-refractivity contribution in [2.45, 2.75) is 47.1 Å². The molecule has 10 nitrogen and oxygen atoms in total. The summed E-state index contributed by atoms with van der Waals surface area (Å²) in [5.74, 6) is -1.80. The molecule has 0 bridgehead atoms. The number of nitrogens with zero attached hydrogens (tertiary/aromatic N) is 4. The second-order valence-electron chi connectivity index (χ2n) is 11.0. The molecule has 1 aromatic carbocycles. The summed E-state index contributed by atoms with van der Waals surface area (Å²) in [6, 6.07) is 9.77. The van der Waals surface area contributed by atoms with Crippen LogP contribution in [0.2, 0.25) is 0 Å². The molecule has 4 heterocycles. The van der Waals surface area contributed by atoms with Gasteiger partial charge in [0.15, 0.2) is 10.9 Å². The highest BCUT2D eigenvalue weighted by Gasteiger charge is 2.49. The summed E-state index contributed by atoms with van der Waals surface area (Å²) >= 11 is 0.937. The van der Waals surface area contributed by atoms with Crippen LogP contribution in [0.5, 0.6) is 5.75 Å². The summed E-state index contributed by atoms with van der Waals surface area (Å²) in [6.07, 6.45) is 4.12. The van der Waals surface area contributed by atoms with Crippen LogP contribution in [0.3, 0.4) is 0 Å². The highest BCUT2D eigenvalue weighted by molar-refractivity contribution is 7.17. The third-order valence-corrected chi connectivity index (χ3v) is 8.54. The lowest BCUT2D eigenvalue weighted by Gasteiger charge is -2.23. The molecule has 0 radical (unpaired) electrons. The second-order valence-corrected chi connectivity index (χ2v) is 12.0. The number of hydrogen-bond donors (Lipinski definition) is 1. The van der Waals surface area contributed by atoms with Gasteiger partial charge in [-0.15, -0.1) is 0 Å². The molecule has 1 atom stereocenters. The summed E-state index contributed by atoms with van der Waals surface area (Å²) < 4.78 is 13.0. The zero-order valence-corrected chi connectivity index (χ0v) is 26.1. The van der Waals surface area contributed by atoms with E-state index in [9.17, 15) is 19.5 Å². The largest absolute Gasteiger partial charge is 0.505 e. The number of ether oxygens (including phenoxy) is 2. The quantitative estimate of drug-likeness (QED) is 0.0746. The minimum absolute atomic E-state index is 0.0114. The van der Waals surface area contributed by atoms with Crippen LogP contribution < -0.4 is 9.64 Å². The molecule has 0 aliphatic carbocycles. The minimum Gasteiger partial charge on any atom is -0.505 e. The van der Waals surface area contributed by atoms with Gasteiger partial charge in [0.1, 0.15) is 28.6 Å².